The Morgan fingerprint density at radius 1 is 1.45 bits per heavy atom. The summed E-state index contributed by atoms with van der Waals surface area (Å²) in [5.41, 5.74) is -1.53. The Hall–Kier alpha value is -2.35. The zero-order valence-corrected chi connectivity index (χ0v) is 18.0. The van der Waals surface area contributed by atoms with Crippen LogP contribution < -0.4 is 5.32 Å². The highest BCUT2D eigenvalue weighted by atomic mass is 32.2. The molecule has 168 valence electrons. The lowest BCUT2D eigenvalue weighted by Crippen LogP contribution is -2.48. The van der Waals surface area contributed by atoms with Crippen molar-refractivity contribution in [1.29, 1.82) is 5.26 Å². The fourth-order valence-corrected chi connectivity index (χ4v) is 5.76. The number of alkyl halides is 2. The minimum absolute atomic E-state index is 0.00265. The summed E-state index contributed by atoms with van der Waals surface area (Å²) in [6, 6.07) is 6.24. The zero-order chi connectivity index (χ0) is 22.9. The monoisotopic (exact) mass is 453 g/mol. The Kier molecular flexibility index (Phi) is 6.51. The van der Waals surface area contributed by atoms with Crippen LogP contribution in [-0.2, 0) is 25.3 Å². The summed E-state index contributed by atoms with van der Waals surface area (Å²) in [6.07, 6.45) is 1.44. The van der Waals surface area contributed by atoms with Crippen molar-refractivity contribution in [1.82, 2.24) is 10.2 Å². The van der Waals surface area contributed by atoms with E-state index in [1.165, 1.54) is 19.2 Å². The molecule has 1 saturated heterocycles. The third kappa shape index (κ3) is 4.63. The number of carbonyl (C=O) groups is 1. The van der Waals surface area contributed by atoms with Gasteiger partial charge in [-0.1, -0.05) is 24.8 Å². The highest BCUT2D eigenvalue weighted by Gasteiger charge is 2.49. The molecular weight excluding hydrogens is 428 g/mol. The van der Waals surface area contributed by atoms with Crippen LogP contribution in [0.1, 0.15) is 24.8 Å². The van der Waals surface area contributed by atoms with Crippen molar-refractivity contribution in [2.24, 2.45) is 0 Å². The Bertz CT molecular complexity index is 1000. The molecule has 1 aliphatic heterocycles. The Labute approximate surface area is 180 Å². The number of benzene rings is 1. The number of nitriles is 1. The lowest BCUT2D eigenvalue weighted by molar-refractivity contribution is -0.126. The summed E-state index contributed by atoms with van der Waals surface area (Å²) < 4.78 is 60.4. The van der Waals surface area contributed by atoms with E-state index < -0.39 is 49.0 Å². The average molecular weight is 454 g/mol. The van der Waals surface area contributed by atoms with Crippen molar-refractivity contribution < 1.29 is 26.7 Å². The van der Waals surface area contributed by atoms with Gasteiger partial charge in [-0.3, -0.25) is 9.69 Å². The molecule has 10 heteroatoms. The van der Waals surface area contributed by atoms with Gasteiger partial charge in [0.25, 0.3) is 5.92 Å². The van der Waals surface area contributed by atoms with E-state index in [0.29, 0.717) is 25.5 Å². The zero-order valence-electron chi connectivity index (χ0n) is 17.2. The molecule has 1 aromatic carbocycles. The summed E-state index contributed by atoms with van der Waals surface area (Å²) >= 11 is 0. The smallest absolute Gasteiger partial charge is 0.292 e. The minimum Gasteiger partial charge on any atom is -0.383 e. The molecule has 0 unspecified atom stereocenters. The van der Waals surface area contributed by atoms with Gasteiger partial charge in [0.15, 0.2) is 9.84 Å². The molecule has 2 aliphatic rings. The first kappa shape index (κ1) is 23.3. The van der Waals surface area contributed by atoms with Crippen molar-refractivity contribution in [3.05, 3.63) is 42.5 Å². The normalized spacial score (nSPS) is 23.2. The van der Waals surface area contributed by atoms with E-state index in [1.807, 2.05) is 0 Å². The number of halogens is 2. The third-order valence-corrected chi connectivity index (χ3v) is 8.01. The van der Waals surface area contributed by atoms with Gasteiger partial charge < -0.3 is 10.1 Å². The highest BCUT2D eigenvalue weighted by molar-refractivity contribution is 7.92. The SMILES string of the molecule is C=CC(F)(F)c1ccccc1S(=O)(=O)[C@@H]1C[C@@H](C(=O)NC2(C#N)CC2)N(CCOC)C1. The number of nitrogens with zero attached hydrogens (tertiary/aromatic N) is 2. The first-order chi connectivity index (χ1) is 14.6. The summed E-state index contributed by atoms with van der Waals surface area (Å²) in [7, 11) is -2.69. The number of allylic oxidation sites excluding steroid dienone is 1. The van der Waals surface area contributed by atoms with Gasteiger partial charge in [-0.2, -0.15) is 14.0 Å². The van der Waals surface area contributed by atoms with Crippen LogP contribution in [0.25, 0.3) is 0 Å². The van der Waals surface area contributed by atoms with Crippen LogP contribution in [0.4, 0.5) is 8.78 Å². The molecule has 1 aliphatic carbocycles. The van der Waals surface area contributed by atoms with E-state index >= 15 is 0 Å². The summed E-state index contributed by atoms with van der Waals surface area (Å²) in [5.74, 6) is -3.95. The van der Waals surface area contributed by atoms with Gasteiger partial charge >= 0.3 is 0 Å². The predicted octanol–water partition coefficient (Wildman–Crippen LogP) is 2.00. The molecule has 2 atom stereocenters. The average Bonchev–Trinajstić information content (AvgIpc) is 3.39. The Morgan fingerprint density at radius 3 is 2.71 bits per heavy atom. The molecule has 0 spiro atoms. The van der Waals surface area contributed by atoms with Crippen LogP contribution in [-0.4, -0.2) is 62.9 Å². The second kappa shape index (κ2) is 8.65. The molecule has 2 fully saturated rings. The van der Waals surface area contributed by atoms with Crippen LogP contribution in [0.3, 0.4) is 0 Å². The summed E-state index contributed by atoms with van der Waals surface area (Å²) in [6.45, 7) is 3.67. The molecule has 1 aromatic rings. The number of hydrogen-bond acceptors (Lipinski definition) is 6. The van der Waals surface area contributed by atoms with E-state index in [9.17, 15) is 27.3 Å². The van der Waals surface area contributed by atoms with Crippen molar-refractivity contribution >= 4 is 15.7 Å². The van der Waals surface area contributed by atoms with Gasteiger partial charge in [0, 0.05) is 25.8 Å². The second-order valence-corrected chi connectivity index (χ2v) is 10.1. The molecule has 3 rings (SSSR count). The van der Waals surface area contributed by atoms with Crippen molar-refractivity contribution in [2.75, 3.05) is 26.8 Å². The summed E-state index contributed by atoms with van der Waals surface area (Å²) in [4.78, 5) is 14.0. The fraction of sp³-hybridized carbons (Fsp3) is 0.524. The molecule has 31 heavy (non-hydrogen) atoms. The van der Waals surface area contributed by atoms with E-state index in [4.69, 9.17) is 4.74 Å². The largest absolute Gasteiger partial charge is 0.383 e. The standard InChI is InChI=1S/C21H25F2N3O4S/c1-3-21(22,23)16-6-4-5-7-18(16)31(28,29)15-12-17(26(13-15)10-11-30-2)19(27)25-20(14-24)8-9-20/h3-7,15,17H,1,8-13H2,2H3,(H,25,27)/t15-,17+/m1/s1. The van der Waals surface area contributed by atoms with E-state index in [2.05, 4.69) is 18.0 Å². The molecule has 1 saturated carbocycles. The van der Waals surface area contributed by atoms with E-state index in [1.54, 1.807) is 4.90 Å². The Balaban J connectivity index is 1.90. The van der Waals surface area contributed by atoms with Gasteiger partial charge in [-0.25, -0.2) is 8.42 Å². The number of hydrogen-bond donors (Lipinski definition) is 1. The van der Waals surface area contributed by atoms with Gasteiger partial charge in [0.2, 0.25) is 5.91 Å². The van der Waals surface area contributed by atoms with Crippen molar-refractivity contribution in [3.63, 3.8) is 0 Å². The van der Waals surface area contributed by atoms with Crippen LogP contribution in [0.5, 0.6) is 0 Å². The molecule has 7 nitrogen and oxygen atoms in total. The number of rotatable bonds is 9. The number of nitrogens with one attached hydrogen (secondary N) is 1. The predicted molar refractivity (Wildman–Crippen MR) is 109 cm³/mol. The molecular formula is C21H25F2N3O4S. The maximum atomic E-state index is 14.3. The van der Waals surface area contributed by atoms with Crippen LogP contribution in [0, 0.1) is 11.3 Å². The molecule has 1 heterocycles. The van der Waals surface area contributed by atoms with Crippen molar-refractivity contribution in [2.45, 2.75) is 46.9 Å². The van der Waals surface area contributed by atoms with Gasteiger partial charge in [0.05, 0.1) is 28.9 Å². The maximum absolute atomic E-state index is 14.3. The Morgan fingerprint density at radius 2 is 2.13 bits per heavy atom. The van der Waals surface area contributed by atoms with Gasteiger partial charge in [0.1, 0.15) is 5.54 Å². The van der Waals surface area contributed by atoms with Crippen molar-refractivity contribution in [3.8, 4) is 6.07 Å². The third-order valence-electron chi connectivity index (χ3n) is 5.82. The highest BCUT2D eigenvalue weighted by Crippen LogP contribution is 2.38. The molecule has 0 bridgehead atoms. The quantitative estimate of drug-likeness (QED) is 0.574. The minimum atomic E-state index is -4.18. The first-order valence-corrected chi connectivity index (χ1v) is 11.5. The number of likely N-dealkylation sites (tertiary alicyclic amines) is 1. The summed E-state index contributed by atoms with van der Waals surface area (Å²) in [5, 5.41) is 10.9. The van der Waals surface area contributed by atoms with Gasteiger partial charge in [-0.15, -0.1) is 0 Å². The fourth-order valence-electron chi connectivity index (χ4n) is 3.80. The number of sulfone groups is 1. The van der Waals surface area contributed by atoms with Crippen LogP contribution in [0.15, 0.2) is 41.8 Å². The second-order valence-electron chi connectivity index (χ2n) is 7.91. The lowest BCUT2D eigenvalue weighted by atomic mass is 10.1. The number of carbonyl (C=O) groups excluding carboxylic acids is 1. The van der Waals surface area contributed by atoms with Crippen LogP contribution in [0.2, 0.25) is 0 Å². The molecule has 1 N–H and O–H groups in total. The first-order valence-electron chi connectivity index (χ1n) is 9.91. The number of methoxy groups -OCH3 is 1. The lowest BCUT2D eigenvalue weighted by Gasteiger charge is -2.24. The van der Waals surface area contributed by atoms with E-state index in [-0.39, 0.29) is 19.6 Å². The number of amides is 1. The van der Waals surface area contributed by atoms with Crippen LogP contribution >= 0.6 is 0 Å². The molecule has 0 radical (unpaired) electrons. The molecule has 0 aromatic heterocycles. The maximum Gasteiger partial charge on any atom is 0.292 e. The van der Waals surface area contributed by atoms with E-state index in [0.717, 1.165) is 12.1 Å². The number of ether oxygens (including phenoxy) is 1. The topological polar surface area (TPSA) is 99.5 Å². The van der Waals surface area contributed by atoms with Gasteiger partial charge in [-0.05, 0) is 31.4 Å². The molecule has 1 amide bonds.